The summed E-state index contributed by atoms with van der Waals surface area (Å²) in [6.07, 6.45) is 11.2. The van der Waals surface area contributed by atoms with Crippen molar-refractivity contribution < 1.29 is 9.90 Å². The SMILES string of the molecule is O=C([O-])c1cc2c3c(c1)[C@H]1C=CC[C@@H]1[C@H](c1ccccc1)N3C[C@H]1CC=C[C@H]21. The van der Waals surface area contributed by atoms with Crippen LogP contribution in [-0.4, -0.2) is 12.5 Å². The van der Waals surface area contributed by atoms with Crippen LogP contribution >= 0.6 is 0 Å². The van der Waals surface area contributed by atoms with Gasteiger partial charge in [-0.15, -0.1) is 0 Å². The van der Waals surface area contributed by atoms with Crippen LogP contribution in [0.4, 0.5) is 5.69 Å². The maximum Gasteiger partial charge on any atom is 0.0715 e. The molecule has 0 radical (unpaired) electrons. The van der Waals surface area contributed by atoms with E-state index in [9.17, 15) is 9.90 Å². The van der Waals surface area contributed by atoms with Crippen LogP contribution in [0.25, 0.3) is 0 Å². The molecular weight excluding hydrogens is 346 g/mol. The van der Waals surface area contributed by atoms with Gasteiger partial charge in [0, 0.05) is 24.1 Å². The molecule has 2 aromatic carbocycles. The molecule has 5 atom stereocenters. The van der Waals surface area contributed by atoms with Crippen molar-refractivity contribution in [3.63, 3.8) is 0 Å². The fourth-order valence-electron chi connectivity index (χ4n) is 6.12. The summed E-state index contributed by atoms with van der Waals surface area (Å²) in [6, 6.07) is 14.9. The van der Waals surface area contributed by atoms with Gasteiger partial charge in [0.1, 0.15) is 0 Å². The number of carbonyl (C=O) groups is 1. The van der Waals surface area contributed by atoms with E-state index in [0.717, 1.165) is 19.4 Å². The van der Waals surface area contributed by atoms with Crippen molar-refractivity contribution in [2.75, 3.05) is 11.4 Å². The van der Waals surface area contributed by atoms with E-state index in [1.807, 2.05) is 12.1 Å². The molecule has 0 fully saturated rings. The number of carboxylic acid groups (broad SMARTS) is 1. The first-order chi connectivity index (χ1) is 13.7. The van der Waals surface area contributed by atoms with Gasteiger partial charge < -0.3 is 14.8 Å². The standard InChI is InChI=1S/C25H23NO2/c27-25(28)17-12-21-18-9-4-8-16(18)14-26-23(15-6-2-1-3-7-15)20-11-5-10-19(20)22(13-17)24(21)26/h1-7,9-10,12-13,16,18-20,23H,8,11,14H2,(H,27,28)/p-1/t16-,18+,19+,20+,23+/m1/s1. The molecule has 2 aliphatic carbocycles. The second-order valence-electron chi connectivity index (χ2n) is 8.60. The number of anilines is 1. The highest BCUT2D eigenvalue weighted by atomic mass is 16.4. The molecule has 0 saturated heterocycles. The fourth-order valence-corrected chi connectivity index (χ4v) is 6.12. The highest BCUT2D eigenvalue weighted by Crippen LogP contribution is 2.58. The van der Waals surface area contributed by atoms with Crippen LogP contribution in [0.3, 0.4) is 0 Å². The molecule has 0 bridgehead atoms. The minimum Gasteiger partial charge on any atom is -0.545 e. The van der Waals surface area contributed by atoms with Crippen LogP contribution in [-0.2, 0) is 0 Å². The predicted molar refractivity (Wildman–Crippen MR) is 107 cm³/mol. The van der Waals surface area contributed by atoms with Gasteiger partial charge in [-0.3, -0.25) is 0 Å². The summed E-state index contributed by atoms with van der Waals surface area (Å²) >= 11 is 0. The number of rotatable bonds is 2. The number of allylic oxidation sites excluding steroid dienone is 4. The Morgan fingerprint density at radius 3 is 2.46 bits per heavy atom. The van der Waals surface area contributed by atoms with Crippen molar-refractivity contribution in [2.24, 2.45) is 11.8 Å². The second kappa shape index (κ2) is 5.84. The van der Waals surface area contributed by atoms with Crippen LogP contribution in [0.2, 0.25) is 0 Å². The molecule has 0 saturated carbocycles. The zero-order valence-electron chi connectivity index (χ0n) is 15.6. The summed E-state index contributed by atoms with van der Waals surface area (Å²) in [5.74, 6) is 0.498. The lowest BCUT2D eigenvalue weighted by molar-refractivity contribution is -0.255. The summed E-state index contributed by atoms with van der Waals surface area (Å²) in [6.45, 7) is 1.03. The number of nitrogens with zero attached hydrogens (tertiary/aromatic N) is 1. The lowest BCUT2D eigenvalue weighted by Crippen LogP contribution is -2.46. The molecule has 6 rings (SSSR count). The van der Waals surface area contributed by atoms with Crippen molar-refractivity contribution in [3.8, 4) is 0 Å². The first-order valence-corrected chi connectivity index (χ1v) is 10.3. The van der Waals surface area contributed by atoms with Gasteiger partial charge in [0.15, 0.2) is 0 Å². The first kappa shape index (κ1) is 16.2. The molecule has 2 heterocycles. The van der Waals surface area contributed by atoms with E-state index in [0.29, 0.717) is 29.4 Å². The number of carbonyl (C=O) groups excluding carboxylic acids is 1. The van der Waals surface area contributed by atoms with Gasteiger partial charge in [0.05, 0.1) is 12.0 Å². The van der Waals surface area contributed by atoms with Crippen LogP contribution < -0.4 is 10.0 Å². The Bertz CT molecular complexity index is 1010. The quantitative estimate of drug-likeness (QED) is 0.754. The second-order valence-corrected chi connectivity index (χ2v) is 8.60. The van der Waals surface area contributed by atoms with Gasteiger partial charge in [-0.2, -0.15) is 0 Å². The average Bonchev–Trinajstić information content (AvgIpc) is 3.38. The maximum atomic E-state index is 11.8. The van der Waals surface area contributed by atoms with Gasteiger partial charge in [-0.05, 0) is 59.1 Å². The van der Waals surface area contributed by atoms with Crippen LogP contribution in [0, 0.1) is 11.8 Å². The molecule has 0 N–H and O–H groups in total. The maximum absolute atomic E-state index is 11.8. The first-order valence-electron chi connectivity index (χ1n) is 10.3. The number of fused-ring (bicyclic) bond motifs is 4. The van der Waals surface area contributed by atoms with E-state index >= 15 is 0 Å². The zero-order chi connectivity index (χ0) is 18.8. The molecule has 140 valence electrons. The monoisotopic (exact) mass is 368 g/mol. The third-order valence-electron chi connectivity index (χ3n) is 7.23. The molecule has 2 aliphatic heterocycles. The van der Waals surface area contributed by atoms with Crippen molar-refractivity contribution in [3.05, 3.63) is 89.0 Å². The molecule has 0 unspecified atom stereocenters. The number of carboxylic acids is 1. The molecular formula is C25H22NO2-. The van der Waals surface area contributed by atoms with Crippen LogP contribution in [0.15, 0.2) is 66.8 Å². The van der Waals surface area contributed by atoms with Gasteiger partial charge in [-0.1, -0.05) is 54.6 Å². The van der Waals surface area contributed by atoms with Gasteiger partial charge in [-0.25, -0.2) is 0 Å². The fraction of sp³-hybridized carbons (Fsp3) is 0.320. The third-order valence-corrected chi connectivity index (χ3v) is 7.23. The molecule has 0 aromatic heterocycles. The lowest BCUT2D eigenvalue weighted by Gasteiger charge is -2.51. The van der Waals surface area contributed by atoms with Gasteiger partial charge >= 0.3 is 0 Å². The minimum absolute atomic E-state index is 0.274. The van der Waals surface area contributed by atoms with Crippen molar-refractivity contribution in [1.29, 1.82) is 0 Å². The topological polar surface area (TPSA) is 43.4 Å². The molecule has 4 aliphatic rings. The van der Waals surface area contributed by atoms with Crippen LogP contribution in [0.5, 0.6) is 0 Å². The van der Waals surface area contributed by atoms with E-state index in [2.05, 4.69) is 59.5 Å². The Labute approximate surface area is 165 Å². The van der Waals surface area contributed by atoms with Crippen molar-refractivity contribution in [2.45, 2.75) is 30.7 Å². The molecule has 0 spiro atoms. The Morgan fingerprint density at radius 1 is 0.964 bits per heavy atom. The van der Waals surface area contributed by atoms with Crippen LogP contribution in [0.1, 0.15) is 57.8 Å². The highest BCUT2D eigenvalue weighted by Gasteiger charge is 2.47. The molecule has 3 heteroatoms. The summed E-state index contributed by atoms with van der Waals surface area (Å²) < 4.78 is 0. The minimum atomic E-state index is -1.07. The van der Waals surface area contributed by atoms with Crippen molar-refractivity contribution in [1.82, 2.24) is 0 Å². The van der Waals surface area contributed by atoms with E-state index in [1.54, 1.807) is 0 Å². The molecule has 0 amide bonds. The Hall–Kier alpha value is -2.81. The largest absolute Gasteiger partial charge is 0.545 e. The number of aromatic carboxylic acids is 1. The zero-order valence-corrected chi connectivity index (χ0v) is 15.6. The molecule has 3 nitrogen and oxygen atoms in total. The predicted octanol–water partition coefficient (Wildman–Crippen LogP) is 3.94. The average molecular weight is 368 g/mol. The molecule has 2 aromatic rings. The number of hydrogen-bond acceptors (Lipinski definition) is 3. The Kier molecular flexibility index (Phi) is 3.37. The van der Waals surface area contributed by atoms with Crippen molar-refractivity contribution >= 4 is 11.7 Å². The Balaban J connectivity index is 1.61. The number of benzene rings is 2. The highest BCUT2D eigenvalue weighted by molar-refractivity contribution is 5.89. The lowest BCUT2D eigenvalue weighted by atomic mass is 9.70. The van der Waals surface area contributed by atoms with Gasteiger partial charge in [0.2, 0.25) is 0 Å². The smallest absolute Gasteiger partial charge is 0.0715 e. The van der Waals surface area contributed by atoms with E-state index in [-0.39, 0.29) is 5.92 Å². The van der Waals surface area contributed by atoms with E-state index in [1.165, 1.54) is 22.4 Å². The normalized spacial score (nSPS) is 31.4. The third kappa shape index (κ3) is 2.13. The summed E-state index contributed by atoms with van der Waals surface area (Å²) in [5, 5.41) is 11.8. The Morgan fingerprint density at radius 2 is 1.68 bits per heavy atom. The van der Waals surface area contributed by atoms with E-state index < -0.39 is 5.97 Å². The molecule has 28 heavy (non-hydrogen) atoms. The summed E-state index contributed by atoms with van der Waals surface area (Å²) in [5.41, 5.74) is 5.33. The van der Waals surface area contributed by atoms with Gasteiger partial charge in [0.25, 0.3) is 0 Å². The van der Waals surface area contributed by atoms with E-state index in [4.69, 9.17) is 0 Å². The summed E-state index contributed by atoms with van der Waals surface area (Å²) in [7, 11) is 0. The summed E-state index contributed by atoms with van der Waals surface area (Å²) in [4.78, 5) is 14.4. The number of hydrogen-bond donors (Lipinski definition) is 0.